The van der Waals surface area contributed by atoms with Crippen LogP contribution in [0.2, 0.25) is 0 Å². The maximum Gasteiger partial charge on any atom is 0.0948 e. The van der Waals surface area contributed by atoms with Crippen molar-refractivity contribution in [1.82, 2.24) is 9.55 Å². The highest BCUT2D eigenvalue weighted by molar-refractivity contribution is 5.05. The number of hydrogen-bond donors (Lipinski definition) is 1. The smallest absolute Gasteiger partial charge is 0.0948 e. The predicted molar refractivity (Wildman–Crippen MR) is 70.5 cm³/mol. The van der Waals surface area contributed by atoms with E-state index in [0.717, 1.165) is 24.8 Å². The van der Waals surface area contributed by atoms with E-state index in [9.17, 15) is 0 Å². The lowest BCUT2D eigenvalue weighted by atomic mass is 10.0. The Kier molecular flexibility index (Phi) is 3.87. The van der Waals surface area contributed by atoms with Gasteiger partial charge >= 0.3 is 0 Å². The summed E-state index contributed by atoms with van der Waals surface area (Å²) in [5, 5.41) is 0. The highest BCUT2D eigenvalue weighted by Crippen LogP contribution is 2.37. The fourth-order valence-electron chi connectivity index (χ4n) is 2.55. The second-order valence-corrected chi connectivity index (χ2v) is 6.02. The van der Waals surface area contributed by atoms with Gasteiger partial charge in [-0.25, -0.2) is 4.98 Å². The molecule has 0 amide bonds. The van der Waals surface area contributed by atoms with Gasteiger partial charge in [-0.1, -0.05) is 20.8 Å². The number of hydrogen-bond acceptors (Lipinski definition) is 2. The standard InChI is InChI=1S/C14H25N3/c1-10(2)6-13(15)14-7-16-9-17(14)8-11(3)12-4-5-12/h7,9-13H,4-6,8,15H2,1-3H3. The topological polar surface area (TPSA) is 43.8 Å². The summed E-state index contributed by atoms with van der Waals surface area (Å²) in [6.07, 6.45) is 7.72. The molecule has 0 aromatic carbocycles. The highest BCUT2D eigenvalue weighted by atomic mass is 15.1. The second kappa shape index (κ2) is 5.21. The van der Waals surface area contributed by atoms with Crippen molar-refractivity contribution in [3.8, 4) is 0 Å². The lowest BCUT2D eigenvalue weighted by Crippen LogP contribution is -2.19. The zero-order valence-electron chi connectivity index (χ0n) is 11.3. The van der Waals surface area contributed by atoms with Crippen molar-refractivity contribution in [3.05, 3.63) is 18.2 Å². The molecule has 1 heterocycles. The Labute approximate surface area is 104 Å². The van der Waals surface area contributed by atoms with Crippen LogP contribution in [0.25, 0.3) is 0 Å². The third-order valence-electron chi connectivity index (χ3n) is 3.76. The molecule has 2 unspecified atom stereocenters. The molecule has 1 saturated carbocycles. The van der Waals surface area contributed by atoms with Crippen LogP contribution >= 0.6 is 0 Å². The number of imidazole rings is 1. The van der Waals surface area contributed by atoms with E-state index >= 15 is 0 Å². The number of rotatable bonds is 6. The fourth-order valence-corrected chi connectivity index (χ4v) is 2.55. The molecule has 17 heavy (non-hydrogen) atoms. The average molecular weight is 235 g/mol. The van der Waals surface area contributed by atoms with Crippen LogP contribution in [0, 0.1) is 17.8 Å². The van der Waals surface area contributed by atoms with Gasteiger partial charge in [0.15, 0.2) is 0 Å². The lowest BCUT2D eigenvalue weighted by Gasteiger charge is -2.19. The van der Waals surface area contributed by atoms with Crippen LogP contribution in [0.3, 0.4) is 0 Å². The van der Waals surface area contributed by atoms with Crippen molar-refractivity contribution >= 4 is 0 Å². The summed E-state index contributed by atoms with van der Waals surface area (Å²) in [6, 6.07) is 0.129. The molecule has 2 rings (SSSR count). The molecule has 1 aromatic heterocycles. The van der Waals surface area contributed by atoms with Gasteiger partial charge in [0.05, 0.1) is 12.0 Å². The summed E-state index contributed by atoms with van der Waals surface area (Å²) in [6.45, 7) is 7.85. The summed E-state index contributed by atoms with van der Waals surface area (Å²) in [7, 11) is 0. The van der Waals surface area contributed by atoms with Crippen molar-refractivity contribution in [2.75, 3.05) is 0 Å². The van der Waals surface area contributed by atoms with Crippen LogP contribution in [-0.2, 0) is 6.54 Å². The summed E-state index contributed by atoms with van der Waals surface area (Å²) < 4.78 is 2.26. The average Bonchev–Trinajstić information content (AvgIpc) is 2.99. The first-order valence-corrected chi connectivity index (χ1v) is 6.83. The maximum atomic E-state index is 6.25. The van der Waals surface area contributed by atoms with E-state index in [1.807, 2.05) is 12.5 Å². The normalized spacial score (nSPS) is 19.6. The summed E-state index contributed by atoms with van der Waals surface area (Å²) in [5.74, 6) is 2.33. The Morgan fingerprint density at radius 3 is 2.71 bits per heavy atom. The number of nitrogens with zero attached hydrogens (tertiary/aromatic N) is 2. The minimum Gasteiger partial charge on any atom is -0.333 e. The van der Waals surface area contributed by atoms with Crippen LogP contribution in [-0.4, -0.2) is 9.55 Å². The quantitative estimate of drug-likeness (QED) is 0.823. The first-order chi connectivity index (χ1) is 8.08. The van der Waals surface area contributed by atoms with E-state index in [1.54, 1.807) is 0 Å². The van der Waals surface area contributed by atoms with Gasteiger partial charge in [0.2, 0.25) is 0 Å². The monoisotopic (exact) mass is 235 g/mol. The van der Waals surface area contributed by atoms with Crippen LogP contribution in [0.1, 0.15) is 51.8 Å². The Balaban J connectivity index is 1.99. The molecule has 0 saturated heterocycles. The van der Waals surface area contributed by atoms with Crippen LogP contribution in [0.4, 0.5) is 0 Å². The van der Waals surface area contributed by atoms with Crippen molar-refractivity contribution in [2.45, 2.75) is 52.6 Å². The minimum atomic E-state index is 0.129. The van der Waals surface area contributed by atoms with Gasteiger partial charge in [0, 0.05) is 18.8 Å². The van der Waals surface area contributed by atoms with Gasteiger partial charge < -0.3 is 10.3 Å². The largest absolute Gasteiger partial charge is 0.333 e. The molecule has 0 radical (unpaired) electrons. The van der Waals surface area contributed by atoms with E-state index in [2.05, 4.69) is 30.3 Å². The third kappa shape index (κ3) is 3.32. The molecular formula is C14H25N3. The zero-order chi connectivity index (χ0) is 12.4. The molecule has 3 heteroatoms. The van der Waals surface area contributed by atoms with E-state index in [4.69, 9.17) is 5.73 Å². The van der Waals surface area contributed by atoms with Gasteiger partial charge in [-0.3, -0.25) is 0 Å². The summed E-state index contributed by atoms with van der Waals surface area (Å²) in [4.78, 5) is 4.27. The van der Waals surface area contributed by atoms with Gasteiger partial charge in [-0.05, 0) is 37.0 Å². The lowest BCUT2D eigenvalue weighted by molar-refractivity contribution is 0.406. The van der Waals surface area contributed by atoms with Crippen LogP contribution in [0.5, 0.6) is 0 Å². The van der Waals surface area contributed by atoms with Crippen molar-refractivity contribution in [2.24, 2.45) is 23.5 Å². The molecule has 1 aliphatic carbocycles. The summed E-state index contributed by atoms with van der Waals surface area (Å²) in [5.41, 5.74) is 7.45. The highest BCUT2D eigenvalue weighted by Gasteiger charge is 2.28. The predicted octanol–water partition coefficient (Wildman–Crippen LogP) is 2.98. The molecule has 2 atom stereocenters. The number of aromatic nitrogens is 2. The van der Waals surface area contributed by atoms with Gasteiger partial charge in [-0.15, -0.1) is 0 Å². The SMILES string of the molecule is CC(C)CC(N)c1cncn1CC(C)C1CC1. The summed E-state index contributed by atoms with van der Waals surface area (Å²) >= 11 is 0. The van der Waals surface area contributed by atoms with Crippen molar-refractivity contribution < 1.29 is 0 Å². The van der Waals surface area contributed by atoms with E-state index in [1.165, 1.54) is 18.5 Å². The fraction of sp³-hybridized carbons (Fsp3) is 0.786. The van der Waals surface area contributed by atoms with Crippen LogP contribution < -0.4 is 5.73 Å². The third-order valence-corrected chi connectivity index (χ3v) is 3.76. The van der Waals surface area contributed by atoms with Gasteiger partial charge in [0.1, 0.15) is 0 Å². The molecular weight excluding hydrogens is 210 g/mol. The van der Waals surface area contributed by atoms with Gasteiger partial charge in [0.25, 0.3) is 0 Å². The molecule has 0 spiro atoms. The maximum absolute atomic E-state index is 6.25. The zero-order valence-corrected chi connectivity index (χ0v) is 11.3. The van der Waals surface area contributed by atoms with Crippen LogP contribution in [0.15, 0.2) is 12.5 Å². The molecule has 0 bridgehead atoms. The molecule has 1 aromatic rings. The molecule has 1 aliphatic rings. The Bertz CT molecular complexity index is 352. The van der Waals surface area contributed by atoms with E-state index < -0.39 is 0 Å². The van der Waals surface area contributed by atoms with Gasteiger partial charge in [-0.2, -0.15) is 0 Å². The first kappa shape index (κ1) is 12.6. The van der Waals surface area contributed by atoms with E-state index in [-0.39, 0.29) is 6.04 Å². The molecule has 2 N–H and O–H groups in total. The van der Waals surface area contributed by atoms with Crippen molar-refractivity contribution in [1.29, 1.82) is 0 Å². The number of nitrogens with two attached hydrogens (primary N) is 1. The second-order valence-electron chi connectivity index (χ2n) is 6.02. The van der Waals surface area contributed by atoms with E-state index in [0.29, 0.717) is 5.92 Å². The Morgan fingerprint density at radius 1 is 1.41 bits per heavy atom. The van der Waals surface area contributed by atoms with Crippen molar-refractivity contribution in [3.63, 3.8) is 0 Å². The molecule has 96 valence electrons. The Morgan fingerprint density at radius 2 is 2.12 bits per heavy atom. The Hall–Kier alpha value is -0.830. The molecule has 1 fully saturated rings. The molecule has 3 nitrogen and oxygen atoms in total. The first-order valence-electron chi connectivity index (χ1n) is 6.83. The molecule has 0 aliphatic heterocycles. The minimum absolute atomic E-state index is 0.129.